The summed E-state index contributed by atoms with van der Waals surface area (Å²) in [4.78, 5) is 26.9. The lowest BCUT2D eigenvalue weighted by atomic mass is 9.99. The fourth-order valence-corrected chi connectivity index (χ4v) is 4.71. The highest BCUT2D eigenvalue weighted by molar-refractivity contribution is 8.00. The van der Waals surface area contributed by atoms with Gasteiger partial charge in [0.15, 0.2) is 5.78 Å². The summed E-state index contributed by atoms with van der Waals surface area (Å²) in [7, 11) is 0. The number of benzene rings is 2. The van der Waals surface area contributed by atoms with Gasteiger partial charge in [-0.05, 0) is 55.3 Å². The molecule has 0 radical (unpaired) electrons. The molecule has 0 aliphatic carbocycles. The minimum Gasteiger partial charge on any atom is -0.338 e. The van der Waals surface area contributed by atoms with Gasteiger partial charge in [0, 0.05) is 65.5 Å². The maximum absolute atomic E-state index is 12.5. The van der Waals surface area contributed by atoms with Crippen LogP contribution < -0.4 is 0 Å². The van der Waals surface area contributed by atoms with Gasteiger partial charge in [0.25, 0.3) is 5.91 Å². The number of Topliss-reactive ketones (excluding diaryl/α,β-unsaturated/α-hetero) is 1. The lowest BCUT2D eigenvalue weighted by Gasteiger charge is -2.39. The maximum atomic E-state index is 12.5. The van der Waals surface area contributed by atoms with Gasteiger partial charge in [-0.25, -0.2) is 0 Å². The van der Waals surface area contributed by atoms with E-state index in [1.54, 1.807) is 35.2 Å². The van der Waals surface area contributed by atoms with Crippen LogP contribution in [0.15, 0.2) is 42.6 Å². The largest absolute Gasteiger partial charge is 0.441 e. The van der Waals surface area contributed by atoms with E-state index in [4.69, 9.17) is 11.6 Å². The summed E-state index contributed by atoms with van der Waals surface area (Å²) < 4.78 is 38.6. The Morgan fingerprint density at radius 2 is 1.88 bits per heavy atom. The molecule has 0 saturated carbocycles. The highest BCUT2D eigenvalue weighted by atomic mass is 35.5. The molecular weight excluding hydrogens is 487 g/mol. The van der Waals surface area contributed by atoms with E-state index in [0.29, 0.717) is 35.8 Å². The maximum Gasteiger partial charge on any atom is 0.441 e. The average Bonchev–Trinajstić information content (AvgIpc) is 3.13. The molecule has 34 heavy (non-hydrogen) atoms. The van der Waals surface area contributed by atoms with Crippen molar-refractivity contribution in [3.8, 4) is 0 Å². The first-order chi connectivity index (χ1) is 16.1. The first-order valence-electron chi connectivity index (χ1n) is 10.9. The number of alkyl halides is 3. The van der Waals surface area contributed by atoms with Crippen molar-refractivity contribution in [1.29, 1.82) is 0 Å². The summed E-state index contributed by atoms with van der Waals surface area (Å²) in [6.45, 7) is 3.73. The van der Waals surface area contributed by atoms with Crippen molar-refractivity contribution in [2.45, 2.75) is 31.8 Å². The van der Waals surface area contributed by atoms with Crippen LogP contribution in [0.5, 0.6) is 0 Å². The zero-order chi connectivity index (χ0) is 24.5. The third-order valence-corrected chi connectivity index (χ3v) is 6.87. The Labute approximate surface area is 204 Å². The van der Waals surface area contributed by atoms with Crippen molar-refractivity contribution in [2.24, 2.45) is 5.92 Å². The molecule has 1 aliphatic heterocycles. The van der Waals surface area contributed by atoms with Crippen LogP contribution in [0.1, 0.15) is 39.1 Å². The van der Waals surface area contributed by atoms with Crippen molar-refractivity contribution >= 4 is 46.0 Å². The molecule has 1 amide bonds. The van der Waals surface area contributed by atoms with Crippen LogP contribution >= 0.6 is 23.4 Å². The van der Waals surface area contributed by atoms with Gasteiger partial charge in [0.1, 0.15) is 0 Å². The summed E-state index contributed by atoms with van der Waals surface area (Å²) in [5.74, 6) is -0.0389. The van der Waals surface area contributed by atoms with Gasteiger partial charge >= 0.3 is 5.51 Å². The van der Waals surface area contributed by atoms with Crippen molar-refractivity contribution in [2.75, 3.05) is 18.8 Å². The fourth-order valence-electron chi connectivity index (χ4n) is 4.07. The van der Waals surface area contributed by atoms with E-state index in [1.807, 2.05) is 23.9 Å². The first-order valence-corrected chi connectivity index (χ1v) is 12.2. The number of nitrogens with zero attached hydrogens (tertiary/aromatic N) is 3. The van der Waals surface area contributed by atoms with Gasteiger partial charge in [0.05, 0.1) is 5.52 Å². The van der Waals surface area contributed by atoms with E-state index in [0.717, 1.165) is 16.5 Å². The number of carbonyl (C=O) groups is 2. The number of fused-ring (bicyclic) bond motifs is 1. The molecule has 10 heteroatoms. The van der Waals surface area contributed by atoms with Crippen molar-refractivity contribution < 1.29 is 22.8 Å². The lowest BCUT2D eigenvalue weighted by molar-refractivity contribution is -0.0328. The number of aryl methyl sites for hydroxylation is 1. The van der Waals surface area contributed by atoms with Crippen LogP contribution in [0.25, 0.3) is 10.9 Å². The number of carbonyl (C=O) groups excluding carboxylic acids is 2. The molecule has 1 aromatic heterocycles. The molecule has 1 aliphatic rings. The minimum atomic E-state index is -4.27. The third-order valence-electron chi connectivity index (χ3n) is 5.79. The Kier molecular flexibility index (Phi) is 7.23. The highest BCUT2D eigenvalue weighted by Gasteiger charge is 2.31. The molecule has 4 rings (SSSR count). The molecule has 0 atom stereocenters. The molecule has 2 heterocycles. The van der Waals surface area contributed by atoms with Crippen molar-refractivity contribution in [1.82, 2.24) is 14.7 Å². The molecule has 3 aromatic rings. The highest BCUT2D eigenvalue weighted by Crippen LogP contribution is 2.31. The number of amides is 1. The predicted octanol–water partition coefficient (Wildman–Crippen LogP) is 5.99. The number of hydrogen-bond donors (Lipinski definition) is 0. The Morgan fingerprint density at radius 3 is 2.56 bits per heavy atom. The van der Waals surface area contributed by atoms with E-state index in [1.165, 1.54) is 0 Å². The summed E-state index contributed by atoms with van der Waals surface area (Å²) in [5, 5.41) is 5.99. The van der Waals surface area contributed by atoms with Crippen LogP contribution in [0.3, 0.4) is 0 Å². The van der Waals surface area contributed by atoms with Crippen LogP contribution in [0, 0.1) is 12.8 Å². The number of hydrogen-bond acceptors (Lipinski definition) is 4. The number of thioether (sulfide) groups is 1. The number of rotatable bonds is 8. The number of likely N-dealkylation sites (tertiary alicyclic amines) is 1. The Bertz CT molecular complexity index is 1200. The van der Waals surface area contributed by atoms with Crippen LogP contribution in [-0.4, -0.2) is 50.7 Å². The minimum absolute atomic E-state index is 0.0223. The second-order valence-electron chi connectivity index (χ2n) is 8.48. The van der Waals surface area contributed by atoms with Gasteiger partial charge < -0.3 is 4.90 Å². The molecule has 2 aromatic carbocycles. The molecule has 0 spiro atoms. The third kappa shape index (κ3) is 5.93. The van der Waals surface area contributed by atoms with E-state index in [2.05, 4.69) is 5.10 Å². The summed E-state index contributed by atoms with van der Waals surface area (Å²) >= 11 is 5.78. The van der Waals surface area contributed by atoms with E-state index >= 15 is 0 Å². The Morgan fingerprint density at radius 1 is 1.18 bits per heavy atom. The number of aromatic nitrogens is 2. The topological polar surface area (TPSA) is 55.2 Å². The predicted molar refractivity (Wildman–Crippen MR) is 127 cm³/mol. The van der Waals surface area contributed by atoms with Gasteiger partial charge in [-0.1, -0.05) is 23.4 Å². The van der Waals surface area contributed by atoms with E-state index < -0.39 is 5.51 Å². The fraction of sp³-hybridized carbons (Fsp3) is 0.375. The Balaban J connectivity index is 1.34. The van der Waals surface area contributed by atoms with Crippen LogP contribution in [-0.2, 0) is 6.54 Å². The summed E-state index contributed by atoms with van der Waals surface area (Å²) in [6, 6.07) is 10.4. The van der Waals surface area contributed by atoms with Gasteiger partial charge in [-0.2, -0.15) is 18.3 Å². The zero-order valence-corrected chi connectivity index (χ0v) is 20.0. The van der Waals surface area contributed by atoms with Crippen molar-refractivity contribution in [3.63, 3.8) is 0 Å². The lowest BCUT2D eigenvalue weighted by Crippen LogP contribution is -2.51. The van der Waals surface area contributed by atoms with E-state index in [9.17, 15) is 22.8 Å². The van der Waals surface area contributed by atoms with Gasteiger partial charge in [0.2, 0.25) is 0 Å². The molecule has 180 valence electrons. The number of halogens is 4. The summed E-state index contributed by atoms with van der Waals surface area (Å²) in [5.41, 5.74) is -1.62. The monoisotopic (exact) mass is 509 g/mol. The zero-order valence-electron chi connectivity index (χ0n) is 18.4. The Hall–Kier alpha value is -2.52. The smallest absolute Gasteiger partial charge is 0.338 e. The normalized spacial score (nSPS) is 14.4. The molecular formula is C24H23ClF3N3O2S. The van der Waals surface area contributed by atoms with E-state index in [-0.39, 0.29) is 48.0 Å². The second kappa shape index (κ2) is 10.00. The standard InChI is InChI=1S/C24H23ClF3N3O2S/c1-15-9-21-18(10-20(15)22(32)3-2-8-34-24(26,27)28)14-31(29-21)13-16-11-30(12-16)23(33)17-4-6-19(25)7-5-17/h4-7,9-10,14,16H,2-3,8,11-13H2,1H3. The molecule has 5 nitrogen and oxygen atoms in total. The summed E-state index contributed by atoms with van der Waals surface area (Å²) in [6.07, 6.45) is 2.12. The molecule has 0 bridgehead atoms. The van der Waals surface area contributed by atoms with Crippen LogP contribution in [0.2, 0.25) is 5.02 Å². The second-order valence-corrected chi connectivity index (χ2v) is 10.1. The molecule has 1 saturated heterocycles. The van der Waals surface area contributed by atoms with Gasteiger partial charge in [-0.3, -0.25) is 14.3 Å². The van der Waals surface area contributed by atoms with Crippen LogP contribution in [0.4, 0.5) is 13.2 Å². The number of ketones is 1. The molecule has 0 N–H and O–H groups in total. The van der Waals surface area contributed by atoms with Crippen molar-refractivity contribution in [3.05, 3.63) is 64.3 Å². The SMILES string of the molecule is Cc1cc2nn(CC3CN(C(=O)c4ccc(Cl)cc4)C3)cc2cc1C(=O)CCCSC(F)(F)F. The molecule has 1 fully saturated rings. The van der Waals surface area contributed by atoms with Gasteiger partial charge in [-0.15, -0.1) is 0 Å². The average molecular weight is 510 g/mol. The quantitative estimate of drug-likeness (QED) is 0.276. The first kappa shape index (κ1) is 24.6. The molecule has 0 unspecified atom stereocenters.